The van der Waals surface area contributed by atoms with E-state index in [1.165, 1.54) is 6.07 Å². The highest BCUT2D eigenvalue weighted by Crippen LogP contribution is 2.48. The van der Waals surface area contributed by atoms with Crippen molar-refractivity contribution in [2.75, 3.05) is 28.2 Å². The lowest BCUT2D eigenvalue weighted by Gasteiger charge is -2.36. The van der Waals surface area contributed by atoms with E-state index in [2.05, 4.69) is 19.9 Å². The SMILES string of the molecule is O=C(Nc1cccnc1)N1c2nc(-c3cccc4c3OC(F)(F)O4)ccc2N2CC[C@H]1C2. The molecule has 3 aromatic rings. The Labute approximate surface area is 181 Å². The number of carbonyl (C=O) groups excluding carboxylic acids is 1. The van der Waals surface area contributed by atoms with E-state index in [0.717, 1.165) is 18.7 Å². The first-order valence-corrected chi connectivity index (χ1v) is 10.1. The number of ether oxygens (including phenoxy) is 2. The Morgan fingerprint density at radius 3 is 2.91 bits per heavy atom. The van der Waals surface area contributed by atoms with Crippen LogP contribution in [0.1, 0.15) is 6.42 Å². The van der Waals surface area contributed by atoms with Crippen LogP contribution in [0.5, 0.6) is 11.5 Å². The van der Waals surface area contributed by atoms with Crippen LogP contribution in [0.2, 0.25) is 0 Å². The van der Waals surface area contributed by atoms with E-state index >= 15 is 0 Å². The number of alkyl halides is 2. The van der Waals surface area contributed by atoms with Crippen LogP contribution < -0.4 is 24.6 Å². The van der Waals surface area contributed by atoms with Crippen molar-refractivity contribution >= 4 is 23.2 Å². The molecule has 6 rings (SSSR count). The fourth-order valence-electron chi connectivity index (χ4n) is 4.41. The zero-order chi connectivity index (χ0) is 21.9. The molecule has 3 aliphatic heterocycles. The van der Waals surface area contributed by atoms with Gasteiger partial charge in [-0.25, -0.2) is 9.78 Å². The van der Waals surface area contributed by atoms with Crippen LogP contribution in [0, 0.1) is 0 Å². The highest BCUT2D eigenvalue weighted by molar-refractivity contribution is 6.04. The van der Waals surface area contributed by atoms with Gasteiger partial charge in [0.2, 0.25) is 0 Å². The molecule has 2 aromatic heterocycles. The number of hydrogen-bond acceptors (Lipinski definition) is 6. The summed E-state index contributed by atoms with van der Waals surface area (Å²) in [6, 6.07) is 11.4. The normalized spacial score (nSPS) is 19.6. The number of benzene rings is 1. The third-order valence-electron chi connectivity index (χ3n) is 5.79. The molecule has 0 aliphatic carbocycles. The molecule has 1 saturated heterocycles. The number of nitrogens with zero attached hydrogens (tertiary/aromatic N) is 4. The topological polar surface area (TPSA) is 79.8 Å². The summed E-state index contributed by atoms with van der Waals surface area (Å²) in [6.45, 7) is 1.51. The smallest absolute Gasteiger partial charge is 0.395 e. The summed E-state index contributed by atoms with van der Waals surface area (Å²) in [6.07, 6.45) is 0.268. The van der Waals surface area contributed by atoms with Gasteiger partial charge in [-0.15, -0.1) is 8.78 Å². The number of carbonyl (C=O) groups is 1. The first kappa shape index (κ1) is 18.8. The van der Waals surface area contributed by atoms with Crippen molar-refractivity contribution in [1.29, 1.82) is 0 Å². The molecule has 10 heteroatoms. The summed E-state index contributed by atoms with van der Waals surface area (Å²) < 4.78 is 36.6. The van der Waals surface area contributed by atoms with Crippen LogP contribution in [0.15, 0.2) is 54.9 Å². The number of urea groups is 1. The summed E-state index contributed by atoms with van der Waals surface area (Å²) in [4.78, 5) is 25.8. The number of anilines is 3. The molecular formula is C22H17F2N5O3. The van der Waals surface area contributed by atoms with E-state index < -0.39 is 6.29 Å². The minimum atomic E-state index is -3.73. The molecule has 1 N–H and O–H groups in total. The van der Waals surface area contributed by atoms with Crippen LogP contribution >= 0.6 is 0 Å². The van der Waals surface area contributed by atoms with Gasteiger partial charge in [-0.2, -0.15) is 0 Å². The first-order chi connectivity index (χ1) is 15.5. The molecule has 1 fully saturated rings. The van der Waals surface area contributed by atoms with Crippen LogP contribution in [-0.4, -0.2) is 41.4 Å². The summed E-state index contributed by atoms with van der Waals surface area (Å²) >= 11 is 0. The number of pyridine rings is 2. The van der Waals surface area contributed by atoms with Gasteiger partial charge >= 0.3 is 12.3 Å². The van der Waals surface area contributed by atoms with E-state index in [-0.39, 0.29) is 23.6 Å². The van der Waals surface area contributed by atoms with Crippen molar-refractivity contribution in [3.8, 4) is 22.8 Å². The van der Waals surface area contributed by atoms with Crippen molar-refractivity contribution in [1.82, 2.24) is 9.97 Å². The maximum absolute atomic E-state index is 13.7. The van der Waals surface area contributed by atoms with Gasteiger partial charge in [0, 0.05) is 24.8 Å². The lowest BCUT2D eigenvalue weighted by atomic mass is 10.1. The van der Waals surface area contributed by atoms with Crippen LogP contribution in [0.3, 0.4) is 0 Å². The Kier molecular flexibility index (Phi) is 3.98. The average Bonchev–Trinajstić information content (AvgIpc) is 3.34. The Hall–Kier alpha value is -3.95. The average molecular weight is 437 g/mol. The highest BCUT2D eigenvalue weighted by Gasteiger charge is 2.45. The maximum Gasteiger partial charge on any atom is 0.586 e. The maximum atomic E-state index is 13.7. The van der Waals surface area contributed by atoms with Crippen molar-refractivity contribution < 1.29 is 23.0 Å². The molecule has 1 atom stereocenters. The molecule has 3 aliphatic rings. The molecule has 0 unspecified atom stereocenters. The highest BCUT2D eigenvalue weighted by atomic mass is 19.3. The van der Waals surface area contributed by atoms with Crippen molar-refractivity contribution in [3.05, 3.63) is 54.9 Å². The number of fused-ring (bicyclic) bond motifs is 5. The zero-order valence-corrected chi connectivity index (χ0v) is 16.7. The van der Waals surface area contributed by atoms with Gasteiger partial charge in [0.15, 0.2) is 17.3 Å². The molecule has 32 heavy (non-hydrogen) atoms. The van der Waals surface area contributed by atoms with Crippen molar-refractivity contribution in [2.45, 2.75) is 18.8 Å². The fourth-order valence-corrected chi connectivity index (χ4v) is 4.41. The lowest BCUT2D eigenvalue weighted by molar-refractivity contribution is -0.286. The predicted molar refractivity (Wildman–Crippen MR) is 112 cm³/mol. The standard InChI is InChI=1S/C22H17F2N5O3/c23-22(24)31-18-5-1-4-15(19(18)32-22)16-6-7-17-20(27-16)29(14-8-10-28(17)12-14)21(30)26-13-3-2-9-25-11-13/h1-7,9,11,14H,8,10,12H2,(H,26,30)/t14-/m0/s1. The Morgan fingerprint density at radius 1 is 1.16 bits per heavy atom. The molecule has 2 bridgehead atoms. The molecule has 0 spiro atoms. The molecule has 1 aromatic carbocycles. The van der Waals surface area contributed by atoms with Gasteiger partial charge < -0.3 is 19.7 Å². The van der Waals surface area contributed by atoms with Crippen molar-refractivity contribution in [2.24, 2.45) is 0 Å². The van der Waals surface area contributed by atoms with Gasteiger partial charge in [0.05, 0.1) is 29.3 Å². The second-order valence-electron chi connectivity index (χ2n) is 7.77. The summed E-state index contributed by atoms with van der Waals surface area (Å²) in [7, 11) is 0. The van der Waals surface area contributed by atoms with E-state index in [0.29, 0.717) is 29.3 Å². The third-order valence-corrected chi connectivity index (χ3v) is 5.79. The van der Waals surface area contributed by atoms with Crippen LogP contribution in [-0.2, 0) is 0 Å². The molecule has 0 radical (unpaired) electrons. The molecule has 162 valence electrons. The number of aromatic nitrogens is 2. The number of amides is 2. The Bertz CT molecular complexity index is 1220. The lowest BCUT2D eigenvalue weighted by Crippen LogP contribution is -2.48. The molecule has 8 nitrogen and oxygen atoms in total. The van der Waals surface area contributed by atoms with Gasteiger partial charge in [-0.1, -0.05) is 6.07 Å². The van der Waals surface area contributed by atoms with Gasteiger partial charge in [0.1, 0.15) is 0 Å². The minimum absolute atomic E-state index is 0.0488. The number of nitrogens with one attached hydrogen (secondary N) is 1. The molecule has 5 heterocycles. The third kappa shape index (κ3) is 2.98. The Balaban J connectivity index is 1.41. The number of halogens is 2. The largest absolute Gasteiger partial charge is 0.586 e. The summed E-state index contributed by atoms with van der Waals surface area (Å²) in [5.74, 6) is 0.346. The van der Waals surface area contributed by atoms with E-state index in [9.17, 15) is 13.6 Å². The van der Waals surface area contributed by atoms with E-state index in [1.807, 2.05) is 6.07 Å². The molecular weight excluding hydrogens is 420 g/mol. The number of para-hydroxylation sites is 1. The number of rotatable bonds is 2. The van der Waals surface area contributed by atoms with Gasteiger partial charge in [-0.05, 0) is 42.8 Å². The zero-order valence-electron chi connectivity index (χ0n) is 16.7. The van der Waals surface area contributed by atoms with E-state index in [1.54, 1.807) is 47.6 Å². The first-order valence-electron chi connectivity index (χ1n) is 10.1. The van der Waals surface area contributed by atoms with Gasteiger partial charge in [-0.3, -0.25) is 9.88 Å². The van der Waals surface area contributed by atoms with Crippen molar-refractivity contribution in [3.63, 3.8) is 0 Å². The fraction of sp³-hybridized carbons (Fsp3) is 0.227. The van der Waals surface area contributed by atoms with Gasteiger partial charge in [0.25, 0.3) is 0 Å². The quantitative estimate of drug-likeness (QED) is 0.651. The van der Waals surface area contributed by atoms with Crippen LogP contribution in [0.25, 0.3) is 11.3 Å². The second-order valence-corrected chi connectivity index (χ2v) is 7.77. The van der Waals surface area contributed by atoms with Crippen LogP contribution in [0.4, 0.5) is 30.8 Å². The minimum Gasteiger partial charge on any atom is -0.395 e. The molecule has 0 saturated carbocycles. The summed E-state index contributed by atoms with van der Waals surface area (Å²) in [5, 5.41) is 2.87. The summed E-state index contributed by atoms with van der Waals surface area (Å²) in [5.41, 5.74) is 2.16. The monoisotopic (exact) mass is 437 g/mol. The predicted octanol–water partition coefficient (Wildman–Crippen LogP) is 4.10. The van der Waals surface area contributed by atoms with E-state index in [4.69, 9.17) is 9.72 Å². The number of hydrogen-bond donors (Lipinski definition) is 1. The Morgan fingerprint density at radius 2 is 2.06 bits per heavy atom. The molecule has 2 amide bonds. The second kappa shape index (κ2) is 6.78.